The van der Waals surface area contributed by atoms with E-state index in [9.17, 15) is 4.39 Å². The number of halogens is 1. The van der Waals surface area contributed by atoms with E-state index in [0.717, 1.165) is 5.56 Å². The lowest BCUT2D eigenvalue weighted by atomic mass is 10.0. The van der Waals surface area contributed by atoms with Gasteiger partial charge >= 0.3 is 0 Å². The van der Waals surface area contributed by atoms with Crippen molar-refractivity contribution in [3.8, 4) is 0 Å². The Morgan fingerprint density at radius 3 is 2.42 bits per heavy atom. The summed E-state index contributed by atoms with van der Waals surface area (Å²) in [7, 11) is 0. The molecule has 0 fully saturated rings. The Morgan fingerprint density at radius 1 is 1.33 bits per heavy atom. The van der Waals surface area contributed by atoms with Gasteiger partial charge in [-0.3, -0.25) is 0 Å². The van der Waals surface area contributed by atoms with Crippen molar-refractivity contribution in [2.45, 2.75) is 26.8 Å². The van der Waals surface area contributed by atoms with Gasteiger partial charge in [0.05, 0.1) is 0 Å². The lowest BCUT2D eigenvalue weighted by Crippen LogP contribution is -2.08. The average Bonchev–Trinajstić information content (AvgIpc) is 1.96. The van der Waals surface area contributed by atoms with Crippen LogP contribution < -0.4 is 5.73 Å². The average molecular weight is 167 g/mol. The van der Waals surface area contributed by atoms with Crippen LogP contribution in [0.5, 0.6) is 0 Å². The second kappa shape index (κ2) is 3.23. The zero-order valence-corrected chi connectivity index (χ0v) is 7.69. The maximum Gasteiger partial charge on any atom is 0.130 e. The Labute approximate surface area is 72.4 Å². The highest BCUT2D eigenvalue weighted by Gasteiger charge is 2.09. The van der Waals surface area contributed by atoms with E-state index in [4.69, 9.17) is 5.73 Å². The van der Waals surface area contributed by atoms with Crippen LogP contribution in [-0.4, -0.2) is 0 Å². The third kappa shape index (κ3) is 1.64. The van der Waals surface area contributed by atoms with Gasteiger partial charge in [-0.2, -0.15) is 0 Å². The normalized spacial score (nSPS) is 13.1. The SMILES string of the molecule is Cc1cc(C)c(F)c(C(C)N)c1. The van der Waals surface area contributed by atoms with Gasteiger partial charge < -0.3 is 5.73 Å². The molecule has 1 rings (SSSR count). The molecule has 66 valence electrons. The minimum Gasteiger partial charge on any atom is -0.324 e. The minimum absolute atomic E-state index is 0.171. The minimum atomic E-state index is -0.233. The number of aryl methyl sites for hydroxylation is 2. The van der Waals surface area contributed by atoms with E-state index in [0.29, 0.717) is 11.1 Å². The van der Waals surface area contributed by atoms with E-state index in [1.54, 1.807) is 19.9 Å². The van der Waals surface area contributed by atoms with Crippen molar-refractivity contribution in [2.24, 2.45) is 5.73 Å². The Morgan fingerprint density at radius 2 is 1.92 bits per heavy atom. The van der Waals surface area contributed by atoms with E-state index >= 15 is 0 Å². The lowest BCUT2D eigenvalue weighted by molar-refractivity contribution is 0.584. The van der Waals surface area contributed by atoms with E-state index in [-0.39, 0.29) is 11.9 Å². The summed E-state index contributed by atoms with van der Waals surface area (Å²) in [6.45, 7) is 5.49. The molecule has 2 N–H and O–H groups in total. The fourth-order valence-corrected chi connectivity index (χ4v) is 1.31. The first-order valence-electron chi connectivity index (χ1n) is 4.04. The summed E-state index contributed by atoms with van der Waals surface area (Å²) in [4.78, 5) is 0. The maximum atomic E-state index is 13.4. The van der Waals surface area contributed by atoms with Gasteiger partial charge in [0.15, 0.2) is 0 Å². The first-order valence-corrected chi connectivity index (χ1v) is 4.04. The monoisotopic (exact) mass is 167 g/mol. The zero-order valence-electron chi connectivity index (χ0n) is 7.69. The van der Waals surface area contributed by atoms with Gasteiger partial charge in [-0.15, -0.1) is 0 Å². The van der Waals surface area contributed by atoms with Crippen molar-refractivity contribution in [1.29, 1.82) is 0 Å². The Balaban J connectivity index is 3.28. The van der Waals surface area contributed by atoms with E-state index in [1.165, 1.54) is 0 Å². The second-order valence-electron chi connectivity index (χ2n) is 3.27. The smallest absolute Gasteiger partial charge is 0.130 e. The van der Waals surface area contributed by atoms with E-state index in [2.05, 4.69) is 0 Å². The fourth-order valence-electron chi connectivity index (χ4n) is 1.31. The summed E-state index contributed by atoms with van der Waals surface area (Å²) >= 11 is 0. The predicted octanol–water partition coefficient (Wildman–Crippen LogP) is 2.46. The van der Waals surface area contributed by atoms with Crippen molar-refractivity contribution in [2.75, 3.05) is 0 Å². The quantitative estimate of drug-likeness (QED) is 0.683. The third-order valence-corrected chi connectivity index (χ3v) is 1.92. The molecule has 1 unspecified atom stereocenters. The molecule has 0 aromatic heterocycles. The second-order valence-corrected chi connectivity index (χ2v) is 3.27. The van der Waals surface area contributed by atoms with Crippen molar-refractivity contribution >= 4 is 0 Å². The Kier molecular flexibility index (Phi) is 2.48. The fraction of sp³-hybridized carbons (Fsp3) is 0.400. The number of benzene rings is 1. The number of rotatable bonds is 1. The molecular weight excluding hydrogens is 153 g/mol. The molecule has 0 aliphatic rings. The van der Waals surface area contributed by atoms with E-state index < -0.39 is 0 Å². The first-order chi connectivity index (χ1) is 5.52. The lowest BCUT2D eigenvalue weighted by Gasteiger charge is -2.10. The highest BCUT2D eigenvalue weighted by atomic mass is 19.1. The van der Waals surface area contributed by atoms with Crippen LogP contribution in [0.1, 0.15) is 29.7 Å². The number of hydrogen-bond donors (Lipinski definition) is 1. The molecule has 0 saturated carbocycles. The molecule has 0 heterocycles. The molecule has 0 aliphatic carbocycles. The maximum absolute atomic E-state index is 13.4. The standard InChI is InChI=1S/C10H14FN/c1-6-4-7(2)10(11)9(5-6)8(3)12/h4-5,8H,12H2,1-3H3. The molecule has 0 saturated heterocycles. The molecular formula is C10H14FN. The molecule has 2 heteroatoms. The molecule has 0 amide bonds. The van der Waals surface area contributed by atoms with Crippen molar-refractivity contribution in [3.05, 3.63) is 34.6 Å². The molecule has 1 aromatic rings. The molecule has 1 nitrogen and oxygen atoms in total. The third-order valence-electron chi connectivity index (χ3n) is 1.92. The Hall–Kier alpha value is -0.890. The van der Waals surface area contributed by atoms with Crippen LogP contribution in [0.3, 0.4) is 0 Å². The number of nitrogens with two attached hydrogens (primary N) is 1. The van der Waals surface area contributed by atoms with Gasteiger partial charge in [0.25, 0.3) is 0 Å². The number of hydrogen-bond acceptors (Lipinski definition) is 1. The zero-order chi connectivity index (χ0) is 9.30. The molecule has 0 bridgehead atoms. The summed E-state index contributed by atoms with van der Waals surface area (Å²) in [5.74, 6) is -0.171. The highest BCUT2D eigenvalue weighted by Crippen LogP contribution is 2.19. The highest BCUT2D eigenvalue weighted by molar-refractivity contribution is 5.32. The van der Waals surface area contributed by atoms with Crippen molar-refractivity contribution in [1.82, 2.24) is 0 Å². The summed E-state index contributed by atoms with van der Waals surface area (Å²) in [6, 6.07) is 3.39. The summed E-state index contributed by atoms with van der Waals surface area (Å²) in [5.41, 5.74) is 7.94. The summed E-state index contributed by atoms with van der Waals surface area (Å²) in [6.07, 6.45) is 0. The van der Waals surface area contributed by atoms with Crippen LogP contribution in [0.15, 0.2) is 12.1 Å². The summed E-state index contributed by atoms with van der Waals surface area (Å²) in [5, 5.41) is 0. The van der Waals surface area contributed by atoms with Crippen LogP contribution in [-0.2, 0) is 0 Å². The largest absolute Gasteiger partial charge is 0.324 e. The van der Waals surface area contributed by atoms with Gasteiger partial charge in [0, 0.05) is 11.6 Å². The predicted molar refractivity (Wildman–Crippen MR) is 48.5 cm³/mol. The van der Waals surface area contributed by atoms with Gasteiger partial charge in [-0.25, -0.2) is 4.39 Å². The van der Waals surface area contributed by atoms with Crippen molar-refractivity contribution in [3.63, 3.8) is 0 Å². The van der Waals surface area contributed by atoms with Gasteiger partial charge in [-0.05, 0) is 26.3 Å². The topological polar surface area (TPSA) is 26.0 Å². The van der Waals surface area contributed by atoms with Gasteiger partial charge in [0.1, 0.15) is 5.82 Å². The molecule has 1 aromatic carbocycles. The molecule has 0 spiro atoms. The molecule has 0 radical (unpaired) electrons. The van der Waals surface area contributed by atoms with Crippen LogP contribution in [0.4, 0.5) is 4.39 Å². The van der Waals surface area contributed by atoms with Crippen LogP contribution in [0.25, 0.3) is 0 Å². The first kappa shape index (κ1) is 9.20. The summed E-state index contributed by atoms with van der Waals surface area (Å²) < 4.78 is 13.4. The van der Waals surface area contributed by atoms with Gasteiger partial charge in [0.2, 0.25) is 0 Å². The molecule has 0 aliphatic heterocycles. The van der Waals surface area contributed by atoms with E-state index in [1.807, 2.05) is 13.0 Å². The van der Waals surface area contributed by atoms with Crippen LogP contribution >= 0.6 is 0 Å². The molecule has 1 atom stereocenters. The van der Waals surface area contributed by atoms with Crippen molar-refractivity contribution < 1.29 is 4.39 Å². The van der Waals surface area contributed by atoms with Gasteiger partial charge in [-0.1, -0.05) is 17.7 Å². The van der Waals surface area contributed by atoms with Crippen LogP contribution in [0.2, 0.25) is 0 Å². The molecule has 12 heavy (non-hydrogen) atoms. The van der Waals surface area contributed by atoms with Crippen LogP contribution in [0, 0.1) is 19.7 Å². The Bertz CT molecular complexity index is 292.